The molecule has 2 atom stereocenters. The first-order valence-electron chi connectivity index (χ1n) is 12.6. The number of nitrogens with one attached hydrogen (secondary N) is 2. The fraction of sp³-hybridized carbons (Fsp3) is 0.276. The minimum absolute atomic E-state index is 0.171. The topological polar surface area (TPSA) is 114 Å². The lowest BCUT2D eigenvalue weighted by Crippen LogP contribution is -2.45. The van der Waals surface area contributed by atoms with E-state index in [-0.39, 0.29) is 12.7 Å². The number of para-hydroxylation sites is 1. The lowest BCUT2D eigenvalue weighted by atomic mass is 9.99. The van der Waals surface area contributed by atoms with Gasteiger partial charge in [0, 0.05) is 23.0 Å². The number of aryl methyl sites for hydroxylation is 2. The van der Waals surface area contributed by atoms with Crippen LogP contribution in [0.25, 0.3) is 16.9 Å². The number of aromatic nitrogens is 2. The third-order valence-electron chi connectivity index (χ3n) is 7.02. The Kier molecular flexibility index (Phi) is 6.67. The fourth-order valence-corrected chi connectivity index (χ4v) is 4.59. The number of rotatable bonds is 8. The summed E-state index contributed by atoms with van der Waals surface area (Å²) in [6, 6.07) is 14.1. The predicted octanol–water partition coefficient (Wildman–Crippen LogP) is 5.32. The molecule has 0 radical (unpaired) electrons. The third kappa shape index (κ3) is 4.63. The first-order valence-corrected chi connectivity index (χ1v) is 12.6. The number of carbonyl (C=O) groups excluding carboxylic acids is 1. The van der Waals surface area contributed by atoms with E-state index >= 15 is 0 Å². The molecule has 3 heterocycles. The van der Waals surface area contributed by atoms with E-state index in [9.17, 15) is 14.7 Å². The summed E-state index contributed by atoms with van der Waals surface area (Å²) in [5.41, 5.74) is 5.49. The maximum Gasteiger partial charge on any atom is 0.326 e. The number of pyridine rings is 1. The van der Waals surface area contributed by atoms with Gasteiger partial charge in [0.2, 0.25) is 6.79 Å². The molecular formula is C29H30N4O5. The van der Waals surface area contributed by atoms with Crippen LogP contribution in [-0.2, 0) is 4.79 Å². The van der Waals surface area contributed by atoms with Crippen molar-refractivity contribution in [2.45, 2.75) is 40.2 Å². The van der Waals surface area contributed by atoms with Crippen LogP contribution in [0.5, 0.6) is 11.5 Å². The number of carbonyl (C=O) groups is 2. The summed E-state index contributed by atoms with van der Waals surface area (Å²) in [5.74, 6) is 0.317. The molecule has 2 unspecified atom stereocenters. The zero-order chi connectivity index (χ0) is 27.0. The van der Waals surface area contributed by atoms with Gasteiger partial charge in [-0.3, -0.25) is 9.20 Å². The van der Waals surface area contributed by atoms with Gasteiger partial charge in [0.15, 0.2) is 11.5 Å². The molecule has 0 fully saturated rings. The first kappa shape index (κ1) is 25.1. The molecule has 0 aliphatic carbocycles. The van der Waals surface area contributed by atoms with Crippen molar-refractivity contribution in [3.05, 3.63) is 71.4 Å². The highest BCUT2D eigenvalue weighted by Crippen LogP contribution is 2.39. The molecule has 4 aromatic rings. The molecule has 2 aromatic heterocycles. The second kappa shape index (κ2) is 10.1. The Balaban J connectivity index is 1.59. The van der Waals surface area contributed by atoms with Crippen molar-refractivity contribution in [3.63, 3.8) is 0 Å². The summed E-state index contributed by atoms with van der Waals surface area (Å²) in [6.45, 7) is 7.95. The average molecular weight is 515 g/mol. The summed E-state index contributed by atoms with van der Waals surface area (Å²) in [4.78, 5) is 29.7. The van der Waals surface area contributed by atoms with Crippen molar-refractivity contribution in [3.8, 4) is 22.8 Å². The van der Waals surface area contributed by atoms with Crippen molar-refractivity contribution in [2.24, 2.45) is 5.92 Å². The van der Waals surface area contributed by atoms with Gasteiger partial charge in [0.1, 0.15) is 23.2 Å². The Hall–Kier alpha value is -4.53. The number of carboxylic acid groups (broad SMARTS) is 1. The third-order valence-corrected chi connectivity index (χ3v) is 7.02. The van der Waals surface area contributed by atoms with Gasteiger partial charge in [-0.05, 0) is 61.2 Å². The van der Waals surface area contributed by atoms with E-state index in [1.807, 2.05) is 61.6 Å². The van der Waals surface area contributed by atoms with Gasteiger partial charge in [-0.1, -0.05) is 38.5 Å². The maximum atomic E-state index is 13.0. The minimum Gasteiger partial charge on any atom is -0.480 e. The van der Waals surface area contributed by atoms with Crippen LogP contribution < -0.4 is 20.1 Å². The summed E-state index contributed by atoms with van der Waals surface area (Å²) in [5, 5.41) is 15.8. The molecule has 1 aliphatic rings. The Morgan fingerprint density at radius 3 is 2.53 bits per heavy atom. The van der Waals surface area contributed by atoms with E-state index in [1.54, 1.807) is 25.3 Å². The van der Waals surface area contributed by atoms with E-state index < -0.39 is 17.9 Å². The van der Waals surface area contributed by atoms with Crippen molar-refractivity contribution in [2.75, 3.05) is 12.1 Å². The van der Waals surface area contributed by atoms with Gasteiger partial charge in [0.05, 0.1) is 0 Å². The zero-order valence-electron chi connectivity index (χ0n) is 21.7. The number of aliphatic carboxylic acids is 1. The number of carboxylic acids is 1. The molecule has 9 nitrogen and oxygen atoms in total. The number of amides is 1. The molecule has 2 aromatic carbocycles. The Bertz CT molecular complexity index is 1520. The van der Waals surface area contributed by atoms with Crippen LogP contribution in [-0.4, -0.2) is 39.2 Å². The number of ether oxygens (including phenoxy) is 2. The Labute approximate surface area is 220 Å². The average Bonchev–Trinajstić information content (AvgIpc) is 3.52. The zero-order valence-corrected chi connectivity index (χ0v) is 21.7. The number of benzene rings is 2. The summed E-state index contributed by atoms with van der Waals surface area (Å²) < 4.78 is 12.9. The van der Waals surface area contributed by atoms with E-state index in [1.165, 1.54) is 0 Å². The highest BCUT2D eigenvalue weighted by molar-refractivity contribution is 5.97. The van der Waals surface area contributed by atoms with Crippen LogP contribution in [0.15, 0.2) is 54.7 Å². The molecule has 38 heavy (non-hydrogen) atoms. The Morgan fingerprint density at radius 2 is 1.82 bits per heavy atom. The molecule has 9 heteroatoms. The summed E-state index contributed by atoms with van der Waals surface area (Å²) in [7, 11) is 0. The largest absolute Gasteiger partial charge is 0.480 e. The van der Waals surface area contributed by atoms with E-state index in [0.717, 1.165) is 28.2 Å². The molecule has 1 amide bonds. The van der Waals surface area contributed by atoms with Crippen molar-refractivity contribution in [1.29, 1.82) is 0 Å². The minimum atomic E-state index is -1.06. The number of imidazole rings is 1. The van der Waals surface area contributed by atoms with Crippen LogP contribution in [0, 0.1) is 19.8 Å². The number of nitrogens with zero attached hydrogens (tertiary/aromatic N) is 2. The van der Waals surface area contributed by atoms with Crippen LogP contribution >= 0.6 is 0 Å². The van der Waals surface area contributed by atoms with Crippen LogP contribution in [0.4, 0.5) is 11.5 Å². The monoisotopic (exact) mass is 514 g/mol. The molecule has 5 rings (SSSR count). The fourth-order valence-electron chi connectivity index (χ4n) is 4.59. The number of hydrogen-bond donors (Lipinski definition) is 3. The quantitative estimate of drug-likeness (QED) is 0.292. The van der Waals surface area contributed by atoms with Gasteiger partial charge in [0.25, 0.3) is 5.91 Å². The van der Waals surface area contributed by atoms with Gasteiger partial charge in [-0.15, -0.1) is 0 Å². The Morgan fingerprint density at radius 1 is 1.08 bits per heavy atom. The van der Waals surface area contributed by atoms with Crippen LogP contribution in [0.2, 0.25) is 0 Å². The highest BCUT2D eigenvalue weighted by Gasteiger charge is 2.26. The number of anilines is 2. The van der Waals surface area contributed by atoms with Gasteiger partial charge in [-0.25, -0.2) is 9.78 Å². The molecule has 1 aliphatic heterocycles. The van der Waals surface area contributed by atoms with E-state index in [2.05, 4.69) is 10.6 Å². The summed E-state index contributed by atoms with van der Waals surface area (Å²) in [6.07, 6.45) is 2.39. The molecule has 196 valence electrons. The maximum absolute atomic E-state index is 13.0. The highest BCUT2D eigenvalue weighted by atomic mass is 16.7. The van der Waals surface area contributed by atoms with Crippen LogP contribution in [0.3, 0.4) is 0 Å². The molecule has 0 spiro atoms. The first-order chi connectivity index (χ1) is 18.3. The van der Waals surface area contributed by atoms with Crippen LogP contribution in [0.1, 0.15) is 41.8 Å². The van der Waals surface area contributed by atoms with Crippen molar-refractivity contribution in [1.82, 2.24) is 14.7 Å². The lowest BCUT2D eigenvalue weighted by molar-refractivity contribution is -0.140. The number of fused-ring (bicyclic) bond motifs is 2. The van der Waals surface area contributed by atoms with Gasteiger partial charge >= 0.3 is 5.97 Å². The van der Waals surface area contributed by atoms with Crippen molar-refractivity contribution >= 4 is 29.0 Å². The molecule has 3 N–H and O–H groups in total. The normalized spacial score (nSPS) is 13.8. The standard InChI is InChI=1S/C29H30N4O5/c1-5-16(2)25(29(35)36)32-28(34)20-11-12-33-23(14-20)30-26(19-9-10-21-22(13-19)38-15-37-21)27(33)31-24-17(3)7-6-8-18(24)4/h6-14,16,25,31H,5,15H2,1-4H3,(H,32,34)(H,35,36). The molecular weight excluding hydrogens is 484 g/mol. The second-order valence-electron chi connectivity index (χ2n) is 9.59. The van der Waals surface area contributed by atoms with Gasteiger partial charge in [-0.2, -0.15) is 0 Å². The predicted molar refractivity (Wildman–Crippen MR) is 144 cm³/mol. The molecule has 0 saturated heterocycles. The summed E-state index contributed by atoms with van der Waals surface area (Å²) >= 11 is 0. The van der Waals surface area contributed by atoms with Crippen molar-refractivity contribution < 1.29 is 24.2 Å². The molecule has 0 saturated carbocycles. The SMILES string of the molecule is CCC(C)C(NC(=O)c1ccn2c(Nc3c(C)cccc3C)c(-c3ccc4c(c3)OCO4)nc2c1)C(=O)O. The molecule has 0 bridgehead atoms. The smallest absolute Gasteiger partial charge is 0.326 e. The van der Waals surface area contributed by atoms with E-state index in [4.69, 9.17) is 14.5 Å². The second-order valence-corrected chi connectivity index (χ2v) is 9.59. The van der Waals surface area contributed by atoms with Gasteiger partial charge < -0.3 is 25.2 Å². The van der Waals surface area contributed by atoms with E-state index in [0.29, 0.717) is 34.8 Å². The number of hydrogen-bond acceptors (Lipinski definition) is 6. The lowest BCUT2D eigenvalue weighted by Gasteiger charge is -2.20.